The Hall–Kier alpha value is -0.830. The molecule has 0 aromatic rings. The molecule has 3 nitrogen and oxygen atoms in total. The van der Waals surface area contributed by atoms with Crippen molar-refractivity contribution in [2.24, 2.45) is 5.41 Å². The van der Waals surface area contributed by atoms with Gasteiger partial charge in [-0.2, -0.15) is 0 Å². The van der Waals surface area contributed by atoms with Gasteiger partial charge in [-0.05, 0) is 32.6 Å². The summed E-state index contributed by atoms with van der Waals surface area (Å²) in [5.41, 5.74) is -0.631. The molecule has 0 aliphatic carbocycles. The Morgan fingerprint density at radius 2 is 2.31 bits per heavy atom. The lowest BCUT2D eigenvalue weighted by Gasteiger charge is -2.27. The van der Waals surface area contributed by atoms with Crippen LogP contribution in [0.15, 0.2) is 12.7 Å². The molecule has 2 unspecified atom stereocenters. The lowest BCUT2D eigenvalue weighted by Crippen LogP contribution is -2.37. The van der Waals surface area contributed by atoms with Gasteiger partial charge in [0, 0.05) is 6.61 Å². The van der Waals surface area contributed by atoms with E-state index in [-0.39, 0.29) is 6.10 Å². The Morgan fingerprint density at radius 1 is 1.56 bits per heavy atom. The number of carbonyl (C=O) groups is 1. The summed E-state index contributed by atoms with van der Waals surface area (Å²) in [5, 5.41) is 9.34. The van der Waals surface area contributed by atoms with Crippen molar-refractivity contribution in [2.45, 2.75) is 51.6 Å². The molecule has 0 spiro atoms. The summed E-state index contributed by atoms with van der Waals surface area (Å²) in [6.07, 6.45) is 7.33. The smallest absolute Gasteiger partial charge is 0.312 e. The maximum Gasteiger partial charge on any atom is 0.312 e. The van der Waals surface area contributed by atoms with Crippen LogP contribution in [0.1, 0.15) is 45.4 Å². The third kappa shape index (κ3) is 2.85. The van der Waals surface area contributed by atoms with Crippen LogP contribution in [-0.2, 0) is 9.53 Å². The van der Waals surface area contributed by atoms with E-state index in [1.165, 1.54) is 0 Å². The van der Waals surface area contributed by atoms with E-state index in [9.17, 15) is 9.90 Å². The molecule has 1 heterocycles. The average molecular weight is 226 g/mol. The summed E-state index contributed by atoms with van der Waals surface area (Å²) in [7, 11) is 0. The summed E-state index contributed by atoms with van der Waals surface area (Å²) in [6.45, 7) is 6.14. The van der Waals surface area contributed by atoms with Crippen molar-refractivity contribution in [1.29, 1.82) is 0 Å². The first kappa shape index (κ1) is 13.2. The molecule has 16 heavy (non-hydrogen) atoms. The zero-order valence-corrected chi connectivity index (χ0v) is 10.1. The Kier molecular flexibility index (Phi) is 5.00. The summed E-state index contributed by atoms with van der Waals surface area (Å²) in [4.78, 5) is 11.4. The number of hydrogen-bond acceptors (Lipinski definition) is 2. The first-order chi connectivity index (χ1) is 7.63. The summed E-state index contributed by atoms with van der Waals surface area (Å²) < 4.78 is 5.41. The van der Waals surface area contributed by atoms with Crippen molar-refractivity contribution in [3.8, 4) is 0 Å². The molecule has 0 saturated carbocycles. The highest BCUT2D eigenvalue weighted by Gasteiger charge is 2.47. The van der Waals surface area contributed by atoms with E-state index in [4.69, 9.17) is 4.74 Å². The normalized spacial score (nSPS) is 29.2. The zero-order valence-electron chi connectivity index (χ0n) is 10.1. The molecular formula is C13H22O3. The minimum atomic E-state index is -0.693. The van der Waals surface area contributed by atoms with E-state index in [0.29, 0.717) is 13.0 Å². The second kappa shape index (κ2) is 6.04. The fraction of sp³-hybridized carbons (Fsp3) is 0.769. The van der Waals surface area contributed by atoms with Crippen LogP contribution in [0.4, 0.5) is 0 Å². The Labute approximate surface area is 97.5 Å². The van der Waals surface area contributed by atoms with Crippen LogP contribution in [0.25, 0.3) is 0 Å². The van der Waals surface area contributed by atoms with Crippen LogP contribution >= 0.6 is 0 Å². The molecule has 0 amide bonds. The number of hydrogen-bond donors (Lipinski definition) is 1. The molecule has 1 N–H and O–H groups in total. The summed E-state index contributed by atoms with van der Waals surface area (Å²) >= 11 is 0. The summed E-state index contributed by atoms with van der Waals surface area (Å²) in [5.74, 6) is -0.693. The highest BCUT2D eigenvalue weighted by molar-refractivity contribution is 5.75. The van der Waals surface area contributed by atoms with Gasteiger partial charge in [0.2, 0.25) is 0 Å². The van der Waals surface area contributed by atoms with Crippen molar-refractivity contribution in [3.63, 3.8) is 0 Å². The predicted molar refractivity (Wildman–Crippen MR) is 63.4 cm³/mol. The van der Waals surface area contributed by atoms with Gasteiger partial charge in [-0.15, -0.1) is 6.58 Å². The number of carboxylic acids is 1. The zero-order chi connectivity index (χ0) is 12.0. The molecule has 1 fully saturated rings. The topological polar surface area (TPSA) is 46.5 Å². The van der Waals surface area contributed by atoms with Crippen LogP contribution < -0.4 is 0 Å². The molecule has 92 valence electrons. The molecule has 1 rings (SSSR count). The van der Waals surface area contributed by atoms with Gasteiger partial charge >= 0.3 is 5.97 Å². The van der Waals surface area contributed by atoms with Crippen LogP contribution in [-0.4, -0.2) is 23.8 Å². The van der Waals surface area contributed by atoms with Gasteiger partial charge in [-0.1, -0.05) is 18.9 Å². The molecule has 1 aliphatic rings. The van der Waals surface area contributed by atoms with Gasteiger partial charge < -0.3 is 9.84 Å². The molecule has 3 heteroatoms. The second-order valence-corrected chi connectivity index (χ2v) is 4.61. The predicted octanol–water partition coefficient (Wildman–Crippen LogP) is 3.00. The Morgan fingerprint density at radius 3 is 2.81 bits per heavy atom. The number of carboxylic acid groups (broad SMARTS) is 1. The third-order valence-corrected chi connectivity index (χ3v) is 3.65. The van der Waals surface area contributed by atoms with Crippen LogP contribution in [0.3, 0.4) is 0 Å². The molecule has 0 bridgehead atoms. The van der Waals surface area contributed by atoms with Gasteiger partial charge in [0.15, 0.2) is 0 Å². The Bertz CT molecular complexity index is 250. The van der Waals surface area contributed by atoms with Gasteiger partial charge in [-0.25, -0.2) is 0 Å². The lowest BCUT2D eigenvalue weighted by atomic mass is 9.77. The highest BCUT2D eigenvalue weighted by atomic mass is 16.5. The molecule has 0 aromatic heterocycles. The molecule has 1 saturated heterocycles. The minimum Gasteiger partial charge on any atom is -0.481 e. The quantitative estimate of drug-likeness (QED) is 0.536. The summed E-state index contributed by atoms with van der Waals surface area (Å²) in [6, 6.07) is 0. The second-order valence-electron chi connectivity index (χ2n) is 4.61. The first-order valence-corrected chi connectivity index (χ1v) is 6.09. The fourth-order valence-corrected chi connectivity index (χ4v) is 2.40. The lowest BCUT2D eigenvalue weighted by molar-refractivity contribution is -0.152. The van der Waals surface area contributed by atoms with E-state index >= 15 is 0 Å². The minimum absolute atomic E-state index is 0.149. The number of aliphatic carboxylic acids is 1. The third-order valence-electron chi connectivity index (χ3n) is 3.65. The molecule has 0 radical (unpaired) electrons. The van der Waals surface area contributed by atoms with Crippen molar-refractivity contribution < 1.29 is 14.6 Å². The van der Waals surface area contributed by atoms with Gasteiger partial charge in [0.05, 0.1) is 11.5 Å². The van der Waals surface area contributed by atoms with Crippen molar-refractivity contribution in [2.75, 3.05) is 6.61 Å². The monoisotopic (exact) mass is 226 g/mol. The van der Waals surface area contributed by atoms with Crippen molar-refractivity contribution in [3.05, 3.63) is 12.7 Å². The van der Waals surface area contributed by atoms with Gasteiger partial charge in [-0.3, -0.25) is 4.79 Å². The average Bonchev–Trinajstić information content (AvgIpc) is 2.61. The molecular weight excluding hydrogens is 204 g/mol. The highest BCUT2D eigenvalue weighted by Crippen LogP contribution is 2.40. The fourth-order valence-electron chi connectivity index (χ4n) is 2.40. The van der Waals surface area contributed by atoms with Gasteiger partial charge in [0.1, 0.15) is 0 Å². The maximum absolute atomic E-state index is 11.4. The maximum atomic E-state index is 11.4. The van der Waals surface area contributed by atoms with Crippen LogP contribution in [0, 0.1) is 5.41 Å². The van der Waals surface area contributed by atoms with E-state index in [1.54, 1.807) is 0 Å². The number of unbranched alkanes of at least 4 members (excludes halogenated alkanes) is 3. The van der Waals surface area contributed by atoms with Gasteiger partial charge in [0.25, 0.3) is 0 Å². The van der Waals surface area contributed by atoms with E-state index in [1.807, 2.05) is 13.0 Å². The SMILES string of the molecule is C=CCCCCCC1(C(=O)O)CCOC1C. The molecule has 1 aliphatic heterocycles. The van der Waals surface area contributed by atoms with E-state index < -0.39 is 11.4 Å². The molecule has 0 aromatic carbocycles. The number of ether oxygens (including phenoxy) is 1. The first-order valence-electron chi connectivity index (χ1n) is 6.09. The largest absolute Gasteiger partial charge is 0.481 e. The van der Waals surface area contributed by atoms with Crippen LogP contribution in [0.5, 0.6) is 0 Å². The van der Waals surface area contributed by atoms with Crippen molar-refractivity contribution >= 4 is 5.97 Å². The van der Waals surface area contributed by atoms with E-state index in [2.05, 4.69) is 6.58 Å². The Balaban J connectivity index is 2.40. The molecule has 2 atom stereocenters. The van der Waals surface area contributed by atoms with Crippen LogP contribution in [0.2, 0.25) is 0 Å². The number of allylic oxidation sites excluding steroid dienone is 1. The standard InChI is InChI=1S/C13H22O3/c1-3-4-5-6-7-8-13(12(14)15)9-10-16-11(13)2/h3,11H,1,4-10H2,2H3,(H,14,15). The number of rotatable bonds is 7. The van der Waals surface area contributed by atoms with E-state index in [0.717, 1.165) is 32.1 Å². The van der Waals surface area contributed by atoms with Crippen molar-refractivity contribution in [1.82, 2.24) is 0 Å².